The molecule has 1 amide bonds. The Bertz CT molecular complexity index is 648. The van der Waals surface area contributed by atoms with Crippen LogP contribution in [0.25, 0.3) is 0 Å². The van der Waals surface area contributed by atoms with E-state index in [4.69, 9.17) is 9.94 Å². The summed E-state index contributed by atoms with van der Waals surface area (Å²) in [6.45, 7) is 3.17. The zero-order chi connectivity index (χ0) is 17.2. The monoisotopic (exact) mass is 330 g/mol. The van der Waals surface area contributed by atoms with E-state index in [-0.39, 0.29) is 17.5 Å². The number of carboxylic acids is 1. The Kier molecular flexibility index (Phi) is 4.55. The summed E-state index contributed by atoms with van der Waals surface area (Å²) >= 11 is 0. The Morgan fingerprint density at radius 3 is 2.50 bits per heavy atom. The molecule has 1 aromatic rings. The molecular formula is C18H22N2O4. The largest absolute Gasteiger partial charge is 0.477 e. The Morgan fingerprint density at radius 2 is 1.96 bits per heavy atom. The van der Waals surface area contributed by atoms with Gasteiger partial charge in [0.15, 0.2) is 5.71 Å². The quantitative estimate of drug-likeness (QED) is 0.919. The SMILES string of the molecule is CCC(C(=O)N1CCC2(CC1)CC(C(=O)O)=NO2)c1ccccc1. The predicted octanol–water partition coefficient (Wildman–Crippen LogP) is 2.40. The van der Waals surface area contributed by atoms with Crippen LogP contribution in [0, 0.1) is 0 Å². The molecular weight excluding hydrogens is 308 g/mol. The molecule has 1 atom stereocenters. The summed E-state index contributed by atoms with van der Waals surface area (Å²) in [5.41, 5.74) is 0.572. The first-order valence-corrected chi connectivity index (χ1v) is 8.37. The van der Waals surface area contributed by atoms with E-state index >= 15 is 0 Å². The number of benzene rings is 1. The van der Waals surface area contributed by atoms with Gasteiger partial charge in [-0.25, -0.2) is 4.79 Å². The molecule has 1 N–H and O–H groups in total. The van der Waals surface area contributed by atoms with Crippen molar-refractivity contribution in [1.82, 2.24) is 4.90 Å². The van der Waals surface area contributed by atoms with Crippen LogP contribution in [-0.4, -0.2) is 46.3 Å². The Morgan fingerprint density at radius 1 is 1.29 bits per heavy atom. The molecule has 1 saturated heterocycles. The summed E-state index contributed by atoms with van der Waals surface area (Å²) in [7, 11) is 0. The fourth-order valence-electron chi connectivity index (χ4n) is 3.50. The number of nitrogens with zero attached hydrogens (tertiary/aromatic N) is 2. The second-order valence-corrected chi connectivity index (χ2v) is 6.49. The molecule has 2 aliphatic rings. The van der Waals surface area contributed by atoms with Gasteiger partial charge < -0.3 is 14.8 Å². The molecule has 24 heavy (non-hydrogen) atoms. The van der Waals surface area contributed by atoms with E-state index in [1.54, 1.807) is 0 Å². The standard InChI is InChI=1S/C18H22N2O4/c1-2-14(13-6-4-3-5-7-13)16(21)20-10-8-18(9-11-20)12-15(17(22)23)19-24-18/h3-7,14H,2,8-12H2,1H3,(H,22,23). The first-order valence-electron chi connectivity index (χ1n) is 8.37. The maximum Gasteiger partial charge on any atom is 0.353 e. The summed E-state index contributed by atoms with van der Waals surface area (Å²) in [6.07, 6.45) is 2.31. The number of carbonyl (C=O) groups excluding carboxylic acids is 1. The van der Waals surface area contributed by atoms with E-state index in [0.29, 0.717) is 32.4 Å². The van der Waals surface area contributed by atoms with Gasteiger partial charge in [0.25, 0.3) is 0 Å². The van der Waals surface area contributed by atoms with Gasteiger partial charge in [-0.05, 0) is 12.0 Å². The molecule has 6 heteroatoms. The van der Waals surface area contributed by atoms with Crippen LogP contribution in [0.5, 0.6) is 0 Å². The lowest BCUT2D eigenvalue weighted by Crippen LogP contribution is -2.48. The van der Waals surface area contributed by atoms with Crippen molar-refractivity contribution in [1.29, 1.82) is 0 Å². The molecule has 0 aliphatic carbocycles. The second-order valence-electron chi connectivity index (χ2n) is 6.49. The van der Waals surface area contributed by atoms with Crippen LogP contribution in [0.2, 0.25) is 0 Å². The number of oxime groups is 1. The summed E-state index contributed by atoms with van der Waals surface area (Å²) < 4.78 is 0. The molecule has 3 rings (SSSR count). The molecule has 128 valence electrons. The molecule has 2 heterocycles. The Balaban J connectivity index is 1.62. The minimum absolute atomic E-state index is 0.0745. The molecule has 1 spiro atoms. The number of carboxylic acid groups (broad SMARTS) is 1. The van der Waals surface area contributed by atoms with Crippen LogP contribution in [0.1, 0.15) is 44.1 Å². The molecule has 0 saturated carbocycles. The van der Waals surface area contributed by atoms with Gasteiger partial charge >= 0.3 is 5.97 Å². The highest BCUT2D eigenvalue weighted by Crippen LogP contribution is 2.35. The molecule has 0 aromatic heterocycles. The van der Waals surface area contributed by atoms with Crippen LogP contribution >= 0.6 is 0 Å². The van der Waals surface area contributed by atoms with E-state index in [2.05, 4.69) is 5.16 Å². The third-order valence-corrected chi connectivity index (χ3v) is 4.98. The molecule has 1 aromatic carbocycles. The summed E-state index contributed by atoms with van der Waals surface area (Å²) in [5.74, 6) is -1.02. The number of rotatable bonds is 4. The van der Waals surface area contributed by atoms with E-state index in [9.17, 15) is 9.59 Å². The molecule has 0 bridgehead atoms. The summed E-state index contributed by atoms with van der Waals surface area (Å²) in [6, 6.07) is 9.83. The van der Waals surface area contributed by atoms with E-state index in [0.717, 1.165) is 12.0 Å². The minimum atomic E-state index is -1.03. The molecule has 0 radical (unpaired) electrons. The van der Waals surface area contributed by atoms with Crippen LogP contribution in [0.3, 0.4) is 0 Å². The van der Waals surface area contributed by atoms with Gasteiger partial charge in [0, 0.05) is 32.4 Å². The molecule has 6 nitrogen and oxygen atoms in total. The number of aliphatic carboxylic acids is 1. The summed E-state index contributed by atoms with van der Waals surface area (Å²) in [5, 5.41) is 12.7. The van der Waals surface area contributed by atoms with Crippen molar-refractivity contribution >= 4 is 17.6 Å². The Labute approximate surface area is 141 Å². The number of hydrogen-bond acceptors (Lipinski definition) is 4. The highest BCUT2D eigenvalue weighted by Gasteiger charge is 2.45. The van der Waals surface area contributed by atoms with Crippen molar-refractivity contribution in [3.8, 4) is 0 Å². The zero-order valence-corrected chi connectivity index (χ0v) is 13.8. The van der Waals surface area contributed by atoms with Crippen LogP contribution in [0.4, 0.5) is 0 Å². The van der Waals surface area contributed by atoms with Gasteiger partial charge in [0.05, 0.1) is 5.92 Å². The summed E-state index contributed by atoms with van der Waals surface area (Å²) in [4.78, 5) is 31.2. The van der Waals surface area contributed by atoms with Gasteiger partial charge in [-0.2, -0.15) is 0 Å². The highest BCUT2D eigenvalue weighted by molar-refractivity contribution is 6.36. The maximum atomic E-state index is 12.9. The first-order chi connectivity index (χ1) is 11.5. The third kappa shape index (κ3) is 3.13. The number of hydrogen-bond donors (Lipinski definition) is 1. The number of piperidine rings is 1. The van der Waals surface area contributed by atoms with Crippen molar-refractivity contribution in [2.24, 2.45) is 5.16 Å². The lowest BCUT2D eigenvalue weighted by Gasteiger charge is -2.38. The van der Waals surface area contributed by atoms with E-state index in [1.165, 1.54) is 0 Å². The number of carbonyl (C=O) groups is 2. The lowest BCUT2D eigenvalue weighted by molar-refractivity contribution is -0.138. The minimum Gasteiger partial charge on any atom is -0.477 e. The number of amides is 1. The van der Waals surface area contributed by atoms with E-state index in [1.807, 2.05) is 42.2 Å². The predicted molar refractivity (Wildman–Crippen MR) is 88.8 cm³/mol. The van der Waals surface area contributed by atoms with E-state index < -0.39 is 11.6 Å². The zero-order valence-electron chi connectivity index (χ0n) is 13.8. The lowest BCUT2D eigenvalue weighted by atomic mass is 9.86. The third-order valence-electron chi connectivity index (χ3n) is 4.98. The maximum absolute atomic E-state index is 12.9. The number of likely N-dealkylation sites (tertiary alicyclic amines) is 1. The first kappa shape index (κ1) is 16.5. The van der Waals surface area contributed by atoms with Gasteiger partial charge in [-0.15, -0.1) is 0 Å². The van der Waals surface area contributed by atoms with Gasteiger partial charge in [-0.1, -0.05) is 42.4 Å². The van der Waals surface area contributed by atoms with Crippen molar-refractivity contribution in [2.75, 3.05) is 13.1 Å². The second kappa shape index (κ2) is 6.63. The molecule has 1 fully saturated rings. The van der Waals surface area contributed by atoms with Crippen molar-refractivity contribution in [3.63, 3.8) is 0 Å². The molecule has 2 aliphatic heterocycles. The smallest absolute Gasteiger partial charge is 0.353 e. The van der Waals surface area contributed by atoms with Gasteiger partial charge in [0.2, 0.25) is 5.91 Å². The fourth-order valence-corrected chi connectivity index (χ4v) is 3.50. The van der Waals surface area contributed by atoms with Gasteiger partial charge in [0.1, 0.15) is 5.60 Å². The molecule has 1 unspecified atom stereocenters. The average molecular weight is 330 g/mol. The van der Waals surface area contributed by atoms with Crippen molar-refractivity contribution in [3.05, 3.63) is 35.9 Å². The van der Waals surface area contributed by atoms with Crippen molar-refractivity contribution in [2.45, 2.75) is 44.1 Å². The normalized spacial score (nSPS) is 20.4. The Hall–Kier alpha value is -2.37. The fraction of sp³-hybridized carbons (Fsp3) is 0.500. The average Bonchev–Trinajstić information content (AvgIpc) is 3.01. The van der Waals surface area contributed by atoms with Gasteiger partial charge in [-0.3, -0.25) is 4.79 Å². The van der Waals surface area contributed by atoms with Crippen molar-refractivity contribution < 1.29 is 19.5 Å². The van der Waals surface area contributed by atoms with Crippen LogP contribution in [0.15, 0.2) is 35.5 Å². The highest BCUT2D eigenvalue weighted by atomic mass is 16.7. The van der Waals surface area contributed by atoms with Crippen LogP contribution in [-0.2, 0) is 14.4 Å². The van der Waals surface area contributed by atoms with Crippen LogP contribution < -0.4 is 0 Å². The topological polar surface area (TPSA) is 79.2 Å².